The molecule has 2 aromatic carbocycles. The lowest BCUT2D eigenvalue weighted by Crippen LogP contribution is -2.15. The summed E-state index contributed by atoms with van der Waals surface area (Å²) in [6.45, 7) is 0. The van der Waals surface area contributed by atoms with Crippen molar-refractivity contribution in [2.75, 3.05) is 5.32 Å². The molecular weight excluding hydrogens is 349 g/mol. The minimum Gasteiger partial charge on any atom is -0.340 e. The maximum absolute atomic E-state index is 13.3. The van der Waals surface area contributed by atoms with Crippen molar-refractivity contribution in [2.24, 2.45) is 7.05 Å². The summed E-state index contributed by atoms with van der Waals surface area (Å²) in [6.07, 6.45) is 0. The summed E-state index contributed by atoms with van der Waals surface area (Å²) in [5.41, 5.74) is 2.00. The topological polar surface area (TPSA) is 46.9 Å². The predicted octanol–water partition coefficient (Wildman–Crippen LogP) is 4.83. The molecule has 2 aromatic heterocycles. The van der Waals surface area contributed by atoms with Gasteiger partial charge in [0.25, 0.3) is 5.91 Å². The molecule has 0 spiro atoms. The first-order valence-electron chi connectivity index (χ1n) is 7.14. The van der Waals surface area contributed by atoms with Gasteiger partial charge in [0.1, 0.15) is 11.5 Å². The number of nitrogens with zero attached hydrogens (tertiary/aromatic N) is 2. The summed E-state index contributed by atoms with van der Waals surface area (Å²) in [7, 11) is 1.81. The van der Waals surface area contributed by atoms with E-state index in [4.69, 9.17) is 11.6 Å². The third kappa shape index (κ3) is 2.44. The van der Waals surface area contributed by atoms with Crippen LogP contribution in [0.5, 0.6) is 0 Å². The number of benzene rings is 2. The van der Waals surface area contributed by atoms with E-state index in [1.165, 1.54) is 23.5 Å². The number of thiazole rings is 1. The Kier molecular flexibility index (Phi) is 3.51. The number of fused-ring (bicyclic) bond motifs is 2. The van der Waals surface area contributed by atoms with E-state index < -0.39 is 0 Å². The fourth-order valence-electron chi connectivity index (χ4n) is 2.66. The molecule has 120 valence electrons. The number of aryl methyl sites for hydroxylation is 1. The van der Waals surface area contributed by atoms with Crippen molar-refractivity contribution in [1.82, 2.24) is 9.55 Å². The van der Waals surface area contributed by atoms with Crippen molar-refractivity contribution >= 4 is 55.1 Å². The van der Waals surface area contributed by atoms with Gasteiger partial charge in [-0.1, -0.05) is 29.0 Å². The molecule has 1 amide bonds. The molecular formula is C17H11ClFN3OS. The number of aromatic nitrogens is 2. The molecule has 0 aliphatic rings. The number of carbonyl (C=O) groups is 1. The van der Waals surface area contributed by atoms with Gasteiger partial charge in [0, 0.05) is 23.0 Å². The number of nitrogens with one attached hydrogen (secondary N) is 1. The van der Waals surface area contributed by atoms with Crippen LogP contribution >= 0.6 is 22.9 Å². The van der Waals surface area contributed by atoms with Gasteiger partial charge in [0.2, 0.25) is 0 Å². The molecule has 0 unspecified atom stereocenters. The molecule has 0 fully saturated rings. The molecule has 0 bridgehead atoms. The average Bonchev–Trinajstić information content (AvgIpc) is 3.09. The van der Waals surface area contributed by atoms with Crippen LogP contribution in [-0.2, 0) is 7.05 Å². The zero-order valence-electron chi connectivity index (χ0n) is 12.5. The quantitative estimate of drug-likeness (QED) is 0.557. The lowest BCUT2D eigenvalue weighted by molar-refractivity contribution is 0.102. The molecule has 2 heterocycles. The Balaban J connectivity index is 1.70. The second kappa shape index (κ2) is 5.58. The Morgan fingerprint density at radius 2 is 2.12 bits per heavy atom. The van der Waals surface area contributed by atoms with E-state index in [0.717, 1.165) is 10.9 Å². The smallest absolute Gasteiger partial charge is 0.274 e. The second-order valence-corrected chi connectivity index (χ2v) is 6.78. The first kappa shape index (κ1) is 15.1. The molecule has 1 N–H and O–H groups in total. The molecule has 7 heteroatoms. The van der Waals surface area contributed by atoms with Crippen LogP contribution in [0.3, 0.4) is 0 Å². The molecule has 4 rings (SSSR count). The summed E-state index contributed by atoms with van der Waals surface area (Å²) < 4.78 is 15.7. The van der Waals surface area contributed by atoms with Crippen LogP contribution in [-0.4, -0.2) is 15.5 Å². The fourth-order valence-corrected chi connectivity index (χ4v) is 3.77. The largest absolute Gasteiger partial charge is 0.340 e. The van der Waals surface area contributed by atoms with Gasteiger partial charge in [-0.25, -0.2) is 9.37 Å². The van der Waals surface area contributed by atoms with Crippen molar-refractivity contribution in [3.63, 3.8) is 0 Å². The molecule has 0 atom stereocenters. The van der Waals surface area contributed by atoms with Crippen molar-refractivity contribution in [1.29, 1.82) is 0 Å². The number of halogens is 2. The molecule has 0 radical (unpaired) electrons. The monoisotopic (exact) mass is 359 g/mol. The molecule has 0 saturated carbocycles. The van der Waals surface area contributed by atoms with Crippen molar-refractivity contribution in [3.05, 3.63) is 59.0 Å². The van der Waals surface area contributed by atoms with E-state index >= 15 is 0 Å². The summed E-state index contributed by atoms with van der Waals surface area (Å²) in [6, 6.07) is 11.6. The van der Waals surface area contributed by atoms with Gasteiger partial charge in [-0.15, -0.1) is 0 Å². The third-order valence-corrected chi connectivity index (χ3v) is 5.10. The number of rotatable bonds is 2. The highest BCUT2D eigenvalue weighted by Gasteiger charge is 2.16. The van der Waals surface area contributed by atoms with E-state index in [1.807, 2.05) is 12.1 Å². The molecule has 0 aliphatic heterocycles. The van der Waals surface area contributed by atoms with Gasteiger partial charge >= 0.3 is 0 Å². The van der Waals surface area contributed by atoms with Gasteiger partial charge in [-0.3, -0.25) is 10.1 Å². The predicted molar refractivity (Wildman–Crippen MR) is 95.5 cm³/mol. The first-order chi connectivity index (χ1) is 11.5. The maximum atomic E-state index is 13.3. The molecule has 4 aromatic rings. The lowest BCUT2D eigenvalue weighted by atomic mass is 10.2. The van der Waals surface area contributed by atoms with Crippen LogP contribution < -0.4 is 5.32 Å². The minimum atomic E-state index is -0.327. The Morgan fingerprint density at radius 3 is 2.92 bits per heavy atom. The summed E-state index contributed by atoms with van der Waals surface area (Å²) in [5.74, 6) is -0.614. The van der Waals surface area contributed by atoms with E-state index in [1.54, 1.807) is 29.8 Å². The van der Waals surface area contributed by atoms with Gasteiger partial charge in [-0.2, -0.15) is 0 Å². The maximum Gasteiger partial charge on any atom is 0.274 e. The van der Waals surface area contributed by atoms with Crippen LogP contribution in [0.25, 0.3) is 21.1 Å². The molecule has 0 saturated heterocycles. The highest BCUT2D eigenvalue weighted by Crippen LogP contribution is 2.29. The Bertz CT molecular complexity index is 1100. The second-order valence-electron chi connectivity index (χ2n) is 5.35. The fraction of sp³-hybridized carbons (Fsp3) is 0.0588. The van der Waals surface area contributed by atoms with Crippen LogP contribution in [0.4, 0.5) is 9.52 Å². The Morgan fingerprint density at radius 1 is 1.29 bits per heavy atom. The van der Waals surface area contributed by atoms with E-state index in [-0.39, 0.29) is 11.7 Å². The lowest BCUT2D eigenvalue weighted by Gasteiger charge is -2.03. The third-order valence-electron chi connectivity index (χ3n) is 3.84. The number of hydrogen-bond donors (Lipinski definition) is 1. The number of hydrogen-bond acceptors (Lipinski definition) is 3. The number of anilines is 1. The number of carbonyl (C=O) groups excluding carboxylic acids is 1. The first-order valence-corrected chi connectivity index (χ1v) is 8.34. The van der Waals surface area contributed by atoms with Crippen molar-refractivity contribution in [2.45, 2.75) is 0 Å². The van der Waals surface area contributed by atoms with Crippen LogP contribution in [0.1, 0.15) is 10.5 Å². The van der Waals surface area contributed by atoms with Crippen LogP contribution in [0.15, 0.2) is 42.5 Å². The molecule has 24 heavy (non-hydrogen) atoms. The average molecular weight is 360 g/mol. The number of amides is 1. The van der Waals surface area contributed by atoms with Crippen molar-refractivity contribution < 1.29 is 9.18 Å². The molecule has 4 nitrogen and oxygen atoms in total. The minimum absolute atomic E-state index is 0.288. The van der Waals surface area contributed by atoms with Crippen LogP contribution in [0, 0.1) is 5.82 Å². The Hall–Kier alpha value is -2.44. The van der Waals surface area contributed by atoms with Gasteiger partial charge < -0.3 is 4.57 Å². The Labute approximate surface area is 145 Å². The highest BCUT2D eigenvalue weighted by molar-refractivity contribution is 7.22. The van der Waals surface area contributed by atoms with Gasteiger partial charge in [0.15, 0.2) is 5.13 Å². The molecule has 0 aliphatic carbocycles. The zero-order valence-corrected chi connectivity index (χ0v) is 14.1. The summed E-state index contributed by atoms with van der Waals surface area (Å²) in [4.78, 5) is 16.9. The van der Waals surface area contributed by atoms with E-state index in [2.05, 4.69) is 10.3 Å². The zero-order chi connectivity index (χ0) is 16.8. The highest BCUT2D eigenvalue weighted by atomic mass is 35.5. The van der Waals surface area contributed by atoms with E-state index in [0.29, 0.717) is 26.1 Å². The van der Waals surface area contributed by atoms with Crippen molar-refractivity contribution in [3.8, 4) is 0 Å². The van der Waals surface area contributed by atoms with Crippen LogP contribution in [0.2, 0.25) is 5.02 Å². The summed E-state index contributed by atoms with van der Waals surface area (Å²) >= 11 is 7.42. The van der Waals surface area contributed by atoms with Gasteiger partial charge in [0.05, 0.1) is 10.2 Å². The summed E-state index contributed by atoms with van der Waals surface area (Å²) in [5, 5.41) is 4.61. The van der Waals surface area contributed by atoms with E-state index in [9.17, 15) is 9.18 Å². The van der Waals surface area contributed by atoms with Gasteiger partial charge in [-0.05, 0) is 36.4 Å². The standard InChI is InChI=1S/C17H11ClFN3OS/c1-22-13-4-2-3-11(18)10(13)8-14(22)16(23)21-17-20-12-6-5-9(19)7-15(12)24-17/h2-8H,1H3,(H,20,21,23). The normalized spacial score (nSPS) is 11.3. The SMILES string of the molecule is Cn1c(C(=O)Nc2nc3ccc(F)cc3s2)cc2c(Cl)cccc21.